The molecule has 0 radical (unpaired) electrons. The number of halogens is 2. The van der Waals surface area contributed by atoms with Gasteiger partial charge in [0, 0.05) is 9.80 Å². The van der Waals surface area contributed by atoms with Crippen LogP contribution in [0.5, 0.6) is 5.75 Å². The van der Waals surface area contributed by atoms with E-state index in [2.05, 4.69) is 81.2 Å². The predicted molar refractivity (Wildman–Crippen MR) is 92.1 cm³/mol. The molecule has 1 atom stereocenters. The molecule has 0 saturated heterocycles. The van der Waals surface area contributed by atoms with Gasteiger partial charge < -0.3 is 4.74 Å². The Balaban J connectivity index is 2.28. The standard InChI is InChI=1S/C17H18Br2O/c1-12-6-7-17(20-2)14(8-12)9-15(11-18)13-4-3-5-16(19)10-13/h3-8,10,15H,9,11H2,1-2H3. The van der Waals surface area contributed by atoms with Crippen molar-refractivity contribution in [1.82, 2.24) is 0 Å². The third-order valence-electron chi connectivity index (χ3n) is 3.41. The number of hydrogen-bond donors (Lipinski definition) is 0. The van der Waals surface area contributed by atoms with E-state index in [0.717, 1.165) is 22.0 Å². The number of aryl methyl sites for hydroxylation is 1. The largest absolute Gasteiger partial charge is 0.496 e. The Hall–Kier alpha value is -0.800. The van der Waals surface area contributed by atoms with E-state index in [9.17, 15) is 0 Å². The van der Waals surface area contributed by atoms with E-state index < -0.39 is 0 Å². The van der Waals surface area contributed by atoms with Crippen molar-refractivity contribution in [1.29, 1.82) is 0 Å². The van der Waals surface area contributed by atoms with Crippen molar-refractivity contribution in [3.8, 4) is 5.75 Å². The van der Waals surface area contributed by atoms with Crippen LogP contribution in [-0.2, 0) is 6.42 Å². The summed E-state index contributed by atoms with van der Waals surface area (Å²) in [5.41, 5.74) is 3.86. The fourth-order valence-electron chi connectivity index (χ4n) is 2.35. The molecule has 0 bridgehead atoms. The molecule has 2 rings (SSSR count). The van der Waals surface area contributed by atoms with Gasteiger partial charge in [-0.3, -0.25) is 0 Å². The molecule has 0 saturated carbocycles. The van der Waals surface area contributed by atoms with E-state index in [-0.39, 0.29) is 0 Å². The molecule has 0 heterocycles. The van der Waals surface area contributed by atoms with E-state index in [4.69, 9.17) is 4.74 Å². The van der Waals surface area contributed by atoms with E-state index >= 15 is 0 Å². The van der Waals surface area contributed by atoms with Crippen LogP contribution in [0.1, 0.15) is 22.6 Å². The monoisotopic (exact) mass is 396 g/mol. The number of ether oxygens (including phenoxy) is 1. The van der Waals surface area contributed by atoms with Crippen molar-refractivity contribution in [2.45, 2.75) is 19.3 Å². The van der Waals surface area contributed by atoms with E-state index in [1.54, 1.807) is 7.11 Å². The molecule has 3 heteroatoms. The number of hydrogen-bond acceptors (Lipinski definition) is 1. The van der Waals surface area contributed by atoms with Crippen molar-refractivity contribution in [2.24, 2.45) is 0 Å². The maximum Gasteiger partial charge on any atom is 0.122 e. The van der Waals surface area contributed by atoms with Gasteiger partial charge in [-0.05, 0) is 48.6 Å². The zero-order valence-corrected chi connectivity index (χ0v) is 14.9. The molecule has 106 valence electrons. The molecular weight excluding hydrogens is 380 g/mol. The summed E-state index contributed by atoms with van der Waals surface area (Å²) in [7, 11) is 1.73. The minimum Gasteiger partial charge on any atom is -0.496 e. The predicted octanol–water partition coefficient (Wildman–Crippen LogP) is 5.49. The fourth-order valence-corrected chi connectivity index (χ4v) is 3.37. The Bertz CT molecular complexity index is 581. The first kappa shape index (κ1) is 15.6. The van der Waals surface area contributed by atoms with Crippen molar-refractivity contribution in [3.63, 3.8) is 0 Å². The van der Waals surface area contributed by atoms with Crippen molar-refractivity contribution >= 4 is 31.9 Å². The number of methoxy groups -OCH3 is 1. The summed E-state index contributed by atoms with van der Waals surface area (Å²) in [4.78, 5) is 0. The third-order valence-corrected chi connectivity index (χ3v) is 4.68. The van der Waals surface area contributed by atoms with Crippen LogP contribution in [0.2, 0.25) is 0 Å². The zero-order chi connectivity index (χ0) is 14.5. The first-order chi connectivity index (χ1) is 9.63. The second kappa shape index (κ2) is 7.28. The van der Waals surface area contributed by atoms with Crippen LogP contribution in [0, 0.1) is 6.92 Å². The van der Waals surface area contributed by atoms with Crippen LogP contribution < -0.4 is 4.74 Å². The van der Waals surface area contributed by atoms with Crippen LogP contribution in [0.3, 0.4) is 0 Å². The number of benzene rings is 2. The first-order valence-electron chi connectivity index (χ1n) is 6.59. The molecule has 0 aliphatic rings. The maximum atomic E-state index is 5.48. The molecule has 1 nitrogen and oxygen atoms in total. The Labute approximate surface area is 137 Å². The summed E-state index contributed by atoms with van der Waals surface area (Å²) >= 11 is 7.19. The van der Waals surface area contributed by atoms with Crippen LogP contribution in [0.25, 0.3) is 0 Å². The summed E-state index contributed by atoms with van der Waals surface area (Å²) in [5.74, 6) is 1.40. The van der Waals surface area contributed by atoms with E-state index in [0.29, 0.717) is 5.92 Å². The van der Waals surface area contributed by atoms with Crippen LogP contribution in [-0.4, -0.2) is 12.4 Å². The molecule has 0 aromatic heterocycles. The molecule has 2 aromatic rings. The fraction of sp³-hybridized carbons (Fsp3) is 0.294. The van der Waals surface area contributed by atoms with Gasteiger partial charge in [0.25, 0.3) is 0 Å². The number of rotatable bonds is 5. The van der Waals surface area contributed by atoms with E-state index in [1.165, 1.54) is 16.7 Å². The molecule has 2 aromatic carbocycles. The van der Waals surface area contributed by atoms with Gasteiger partial charge >= 0.3 is 0 Å². The summed E-state index contributed by atoms with van der Waals surface area (Å²) in [6.07, 6.45) is 0.965. The third kappa shape index (κ3) is 3.86. The summed E-state index contributed by atoms with van der Waals surface area (Å²) in [5, 5.41) is 0.931. The lowest BCUT2D eigenvalue weighted by Crippen LogP contribution is -2.06. The molecule has 0 N–H and O–H groups in total. The van der Waals surface area contributed by atoms with Crippen molar-refractivity contribution < 1.29 is 4.74 Å². The molecule has 0 fully saturated rings. The highest BCUT2D eigenvalue weighted by molar-refractivity contribution is 9.10. The lowest BCUT2D eigenvalue weighted by atomic mass is 9.92. The highest BCUT2D eigenvalue weighted by atomic mass is 79.9. The quantitative estimate of drug-likeness (QED) is 0.606. The molecular formula is C17H18Br2O. The van der Waals surface area contributed by atoms with Crippen LogP contribution in [0.15, 0.2) is 46.9 Å². The van der Waals surface area contributed by atoms with Gasteiger partial charge in [-0.15, -0.1) is 0 Å². The first-order valence-corrected chi connectivity index (χ1v) is 8.50. The molecule has 0 amide bonds. The summed E-state index contributed by atoms with van der Waals surface area (Å²) < 4.78 is 6.60. The molecule has 0 aliphatic carbocycles. The second-order valence-corrected chi connectivity index (χ2v) is 6.49. The number of alkyl halides is 1. The van der Waals surface area contributed by atoms with Crippen LogP contribution >= 0.6 is 31.9 Å². The second-order valence-electron chi connectivity index (χ2n) is 4.93. The van der Waals surface area contributed by atoms with Crippen molar-refractivity contribution in [2.75, 3.05) is 12.4 Å². The Morgan fingerprint density at radius 1 is 1.15 bits per heavy atom. The van der Waals surface area contributed by atoms with E-state index in [1.807, 2.05) is 0 Å². The Kier molecular flexibility index (Phi) is 5.67. The highest BCUT2D eigenvalue weighted by Crippen LogP contribution is 2.29. The lowest BCUT2D eigenvalue weighted by molar-refractivity contribution is 0.408. The minimum absolute atomic E-state index is 0.434. The topological polar surface area (TPSA) is 9.23 Å². The lowest BCUT2D eigenvalue weighted by Gasteiger charge is -2.17. The van der Waals surface area contributed by atoms with Gasteiger partial charge in [-0.25, -0.2) is 0 Å². The molecule has 1 unspecified atom stereocenters. The maximum absolute atomic E-state index is 5.48. The SMILES string of the molecule is COc1ccc(C)cc1CC(CBr)c1cccc(Br)c1. The van der Waals surface area contributed by atoms with Crippen LogP contribution in [0.4, 0.5) is 0 Å². The van der Waals surface area contributed by atoms with Gasteiger partial charge in [0.15, 0.2) is 0 Å². The Morgan fingerprint density at radius 2 is 1.95 bits per heavy atom. The van der Waals surface area contributed by atoms with Gasteiger partial charge in [0.05, 0.1) is 7.11 Å². The average Bonchev–Trinajstić information content (AvgIpc) is 2.45. The highest BCUT2D eigenvalue weighted by Gasteiger charge is 2.14. The summed E-state index contributed by atoms with van der Waals surface area (Å²) in [6, 6.07) is 14.9. The van der Waals surface area contributed by atoms with Gasteiger partial charge in [0.1, 0.15) is 5.75 Å². The Morgan fingerprint density at radius 3 is 2.60 bits per heavy atom. The summed E-state index contributed by atoms with van der Waals surface area (Å²) in [6.45, 7) is 2.12. The molecule has 0 aliphatic heterocycles. The smallest absolute Gasteiger partial charge is 0.122 e. The van der Waals surface area contributed by atoms with Gasteiger partial charge in [-0.1, -0.05) is 61.7 Å². The van der Waals surface area contributed by atoms with Crippen molar-refractivity contribution in [3.05, 3.63) is 63.6 Å². The molecule has 20 heavy (non-hydrogen) atoms. The average molecular weight is 398 g/mol. The molecule has 0 spiro atoms. The normalized spacial score (nSPS) is 12.2. The van der Waals surface area contributed by atoms with Gasteiger partial charge in [0.2, 0.25) is 0 Å². The van der Waals surface area contributed by atoms with Gasteiger partial charge in [-0.2, -0.15) is 0 Å². The minimum atomic E-state index is 0.434. The zero-order valence-electron chi connectivity index (χ0n) is 11.7.